The van der Waals surface area contributed by atoms with Crippen LogP contribution in [0.3, 0.4) is 0 Å². The van der Waals surface area contributed by atoms with Gasteiger partial charge < -0.3 is 17.2 Å². The summed E-state index contributed by atoms with van der Waals surface area (Å²) in [5.41, 5.74) is 16.1. The quantitative estimate of drug-likeness (QED) is 0.566. The Bertz CT molecular complexity index is 872. The Morgan fingerprint density at radius 2 is 1.57 bits per heavy atom. The molecule has 0 aliphatic rings. The van der Waals surface area contributed by atoms with Crippen LogP contribution in [0.4, 0.5) is 5.69 Å². The van der Waals surface area contributed by atoms with Gasteiger partial charge in [-0.25, -0.2) is 13.4 Å². The molecule has 0 spiro atoms. The average molecular weight is 352 g/mol. The van der Waals surface area contributed by atoms with Gasteiger partial charge in [0.15, 0.2) is 5.96 Å². The van der Waals surface area contributed by atoms with Gasteiger partial charge in [0.25, 0.3) is 0 Å². The van der Waals surface area contributed by atoms with Crippen molar-refractivity contribution in [1.82, 2.24) is 0 Å². The molecule has 23 heavy (non-hydrogen) atoms. The number of nitrogens with two attached hydrogens (primary N) is 3. The zero-order valence-corrected chi connectivity index (χ0v) is 13.4. The molecule has 0 saturated heterocycles. The van der Waals surface area contributed by atoms with Gasteiger partial charge in [0.1, 0.15) is 0 Å². The number of guanidine groups is 2. The molecule has 2 aromatic carbocycles. The number of rotatable bonds is 3. The molecule has 0 heterocycles. The summed E-state index contributed by atoms with van der Waals surface area (Å²) in [6.07, 6.45) is 0. The fourth-order valence-corrected chi connectivity index (χ4v) is 3.32. The van der Waals surface area contributed by atoms with E-state index in [-0.39, 0.29) is 27.4 Å². The SMILES string of the molecule is NC(N)=NC(N)=Nc1ccccc1S(=O)(=O)c1ccc(Cl)cc1. The van der Waals surface area contributed by atoms with Gasteiger partial charge in [-0.15, -0.1) is 0 Å². The Morgan fingerprint density at radius 3 is 2.17 bits per heavy atom. The highest BCUT2D eigenvalue weighted by atomic mass is 35.5. The third-order valence-corrected chi connectivity index (χ3v) is 4.83. The molecule has 2 aromatic rings. The summed E-state index contributed by atoms with van der Waals surface area (Å²) in [6, 6.07) is 11.9. The lowest BCUT2D eigenvalue weighted by Crippen LogP contribution is -2.26. The van der Waals surface area contributed by atoms with E-state index in [0.29, 0.717) is 5.02 Å². The van der Waals surface area contributed by atoms with E-state index in [1.54, 1.807) is 12.1 Å². The van der Waals surface area contributed by atoms with E-state index in [2.05, 4.69) is 9.98 Å². The molecular weight excluding hydrogens is 338 g/mol. The summed E-state index contributed by atoms with van der Waals surface area (Å²) in [6.45, 7) is 0. The zero-order chi connectivity index (χ0) is 17.0. The van der Waals surface area contributed by atoms with Crippen LogP contribution in [0.15, 0.2) is 68.3 Å². The van der Waals surface area contributed by atoms with Crippen LogP contribution < -0.4 is 17.2 Å². The van der Waals surface area contributed by atoms with Crippen LogP contribution in [-0.2, 0) is 9.84 Å². The summed E-state index contributed by atoms with van der Waals surface area (Å²) in [5, 5.41) is 0.437. The van der Waals surface area contributed by atoms with E-state index >= 15 is 0 Å². The molecule has 0 unspecified atom stereocenters. The normalized spacial score (nSPS) is 12.0. The van der Waals surface area contributed by atoms with Crippen molar-refractivity contribution in [3.05, 3.63) is 53.6 Å². The van der Waals surface area contributed by atoms with E-state index in [1.165, 1.54) is 36.4 Å². The topological polar surface area (TPSA) is 137 Å². The molecule has 0 aromatic heterocycles. The predicted octanol–water partition coefficient (Wildman–Crippen LogP) is 1.39. The van der Waals surface area contributed by atoms with E-state index in [1.807, 2.05) is 0 Å². The summed E-state index contributed by atoms with van der Waals surface area (Å²) < 4.78 is 25.5. The lowest BCUT2D eigenvalue weighted by molar-refractivity contribution is 0.596. The smallest absolute Gasteiger partial charge is 0.223 e. The first-order chi connectivity index (χ1) is 10.8. The Kier molecular flexibility index (Phi) is 4.87. The molecule has 7 nitrogen and oxygen atoms in total. The highest BCUT2D eigenvalue weighted by molar-refractivity contribution is 7.91. The predicted molar refractivity (Wildman–Crippen MR) is 90.4 cm³/mol. The average Bonchev–Trinajstić information content (AvgIpc) is 2.47. The van der Waals surface area contributed by atoms with Gasteiger partial charge in [-0.1, -0.05) is 23.7 Å². The van der Waals surface area contributed by atoms with Gasteiger partial charge in [0.05, 0.1) is 15.5 Å². The Hall–Kier alpha value is -2.58. The van der Waals surface area contributed by atoms with Gasteiger partial charge >= 0.3 is 0 Å². The summed E-state index contributed by atoms with van der Waals surface area (Å²) in [4.78, 5) is 7.59. The molecular formula is C14H14ClN5O2S. The highest BCUT2D eigenvalue weighted by Gasteiger charge is 2.21. The third-order valence-electron chi connectivity index (χ3n) is 2.76. The monoisotopic (exact) mass is 351 g/mol. The van der Waals surface area contributed by atoms with Crippen LogP contribution in [-0.4, -0.2) is 20.3 Å². The number of nitrogens with zero attached hydrogens (tertiary/aromatic N) is 2. The lowest BCUT2D eigenvalue weighted by atomic mass is 10.3. The van der Waals surface area contributed by atoms with Crippen LogP contribution in [0.2, 0.25) is 5.02 Å². The molecule has 6 N–H and O–H groups in total. The van der Waals surface area contributed by atoms with Crippen molar-refractivity contribution in [1.29, 1.82) is 0 Å². The minimum Gasteiger partial charge on any atom is -0.370 e. The third kappa shape index (κ3) is 3.99. The van der Waals surface area contributed by atoms with Crippen molar-refractivity contribution in [2.24, 2.45) is 27.2 Å². The first kappa shape index (κ1) is 16.8. The van der Waals surface area contributed by atoms with Gasteiger partial charge in [-0.2, -0.15) is 4.99 Å². The first-order valence-corrected chi connectivity index (χ1v) is 8.20. The highest BCUT2D eigenvalue weighted by Crippen LogP contribution is 2.30. The second-order valence-corrected chi connectivity index (χ2v) is 6.79. The molecule has 0 atom stereocenters. The molecule has 0 aliphatic heterocycles. The van der Waals surface area contributed by atoms with Crippen molar-refractivity contribution in [3.63, 3.8) is 0 Å². The molecule has 0 bridgehead atoms. The molecule has 120 valence electrons. The lowest BCUT2D eigenvalue weighted by Gasteiger charge is -2.08. The van der Waals surface area contributed by atoms with E-state index in [4.69, 9.17) is 28.8 Å². The minimum absolute atomic E-state index is 0.0175. The van der Waals surface area contributed by atoms with Gasteiger partial charge in [-0.3, -0.25) is 0 Å². The van der Waals surface area contributed by atoms with Gasteiger partial charge in [-0.05, 0) is 36.4 Å². The molecule has 9 heteroatoms. The van der Waals surface area contributed by atoms with Crippen LogP contribution in [0, 0.1) is 0 Å². The van der Waals surface area contributed by atoms with Crippen molar-refractivity contribution in [2.45, 2.75) is 9.79 Å². The fraction of sp³-hybridized carbons (Fsp3) is 0. The van der Waals surface area contributed by atoms with Crippen molar-refractivity contribution < 1.29 is 8.42 Å². The van der Waals surface area contributed by atoms with E-state index < -0.39 is 9.84 Å². The molecule has 0 fully saturated rings. The van der Waals surface area contributed by atoms with E-state index in [0.717, 1.165) is 0 Å². The number of aliphatic imine (C=N–C) groups is 2. The molecule has 0 radical (unpaired) electrons. The Labute approximate surface area is 138 Å². The van der Waals surface area contributed by atoms with Crippen LogP contribution in [0.1, 0.15) is 0 Å². The van der Waals surface area contributed by atoms with Crippen LogP contribution in [0.5, 0.6) is 0 Å². The second-order valence-electron chi connectivity index (χ2n) is 4.43. The van der Waals surface area contributed by atoms with Crippen LogP contribution in [0.25, 0.3) is 0 Å². The maximum Gasteiger partial charge on any atom is 0.223 e. The zero-order valence-electron chi connectivity index (χ0n) is 11.8. The largest absolute Gasteiger partial charge is 0.370 e. The number of halogens is 1. The standard InChI is InChI=1S/C14H14ClN5O2S/c15-9-5-7-10(8-6-9)23(21,22)12-4-2-1-3-11(12)19-14(18)20-13(16)17/h1-8H,(H6,16,17,18,19,20). The Morgan fingerprint density at radius 1 is 0.957 bits per heavy atom. The van der Waals surface area contributed by atoms with Crippen LogP contribution >= 0.6 is 11.6 Å². The second kappa shape index (κ2) is 6.67. The minimum atomic E-state index is -3.79. The van der Waals surface area contributed by atoms with Gasteiger partial charge in [0.2, 0.25) is 15.8 Å². The maximum atomic E-state index is 12.7. The van der Waals surface area contributed by atoms with Crippen molar-refractivity contribution in [3.8, 4) is 0 Å². The van der Waals surface area contributed by atoms with Crippen molar-refractivity contribution in [2.75, 3.05) is 0 Å². The first-order valence-electron chi connectivity index (χ1n) is 6.34. The molecule has 0 saturated carbocycles. The number of para-hydroxylation sites is 1. The number of benzene rings is 2. The maximum absolute atomic E-state index is 12.7. The number of sulfone groups is 1. The van der Waals surface area contributed by atoms with Crippen molar-refractivity contribution >= 4 is 39.0 Å². The summed E-state index contributed by atoms with van der Waals surface area (Å²) in [5.74, 6) is -0.520. The summed E-state index contributed by atoms with van der Waals surface area (Å²) >= 11 is 5.78. The van der Waals surface area contributed by atoms with E-state index in [9.17, 15) is 8.42 Å². The number of hydrogen-bond acceptors (Lipinski definition) is 3. The molecule has 2 rings (SSSR count). The van der Waals surface area contributed by atoms with Gasteiger partial charge in [0, 0.05) is 5.02 Å². The Balaban J connectivity index is 2.56. The fourth-order valence-electron chi connectivity index (χ4n) is 1.80. The number of hydrogen-bond donors (Lipinski definition) is 3. The molecule has 0 amide bonds. The molecule has 0 aliphatic carbocycles. The summed E-state index contributed by atoms with van der Waals surface area (Å²) in [7, 11) is -3.79.